The minimum Gasteiger partial charge on any atom is -0.392 e. The fourth-order valence-electron chi connectivity index (χ4n) is 1.61. The Bertz CT molecular complexity index is 241. The molecule has 0 unspecified atom stereocenters. The molecule has 0 aromatic carbocycles. The molecule has 12 heavy (non-hydrogen) atoms. The highest BCUT2D eigenvalue weighted by atomic mass is 32.2. The van der Waals surface area contributed by atoms with Gasteiger partial charge in [0.15, 0.2) is 0 Å². The maximum atomic E-state index is 11.3. The Morgan fingerprint density at radius 1 is 1.83 bits per heavy atom. The van der Waals surface area contributed by atoms with Gasteiger partial charge in [-0.15, -0.1) is 11.8 Å². The van der Waals surface area contributed by atoms with Gasteiger partial charge in [-0.3, -0.25) is 4.79 Å². The third-order valence-corrected chi connectivity index (χ3v) is 3.47. The van der Waals surface area contributed by atoms with Crippen molar-refractivity contribution in [2.24, 2.45) is 5.92 Å². The summed E-state index contributed by atoms with van der Waals surface area (Å²) in [7, 11) is 0. The van der Waals surface area contributed by atoms with Crippen LogP contribution in [0.5, 0.6) is 0 Å². The molecule has 3 nitrogen and oxygen atoms in total. The Morgan fingerprint density at radius 2 is 2.58 bits per heavy atom. The van der Waals surface area contributed by atoms with Gasteiger partial charge in [-0.05, 0) is 11.8 Å². The van der Waals surface area contributed by atoms with Crippen LogP contribution in [-0.4, -0.2) is 27.4 Å². The highest BCUT2D eigenvalue weighted by Gasteiger charge is 2.51. The molecule has 66 valence electrons. The summed E-state index contributed by atoms with van der Waals surface area (Å²) in [5, 5.41) is 11.6. The highest BCUT2D eigenvalue weighted by molar-refractivity contribution is 8.03. The highest BCUT2D eigenvalue weighted by Crippen LogP contribution is 2.42. The van der Waals surface area contributed by atoms with Crippen LogP contribution in [-0.2, 0) is 4.79 Å². The van der Waals surface area contributed by atoms with Crippen LogP contribution < -0.4 is 0 Å². The summed E-state index contributed by atoms with van der Waals surface area (Å²) in [4.78, 5) is 13.0. The summed E-state index contributed by atoms with van der Waals surface area (Å²) in [6, 6.07) is 0. The number of hydrogen-bond donors (Lipinski definition) is 1. The lowest BCUT2D eigenvalue weighted by molar-refractivity contribution is -0.152. The SMILES string of the molecule is CC[C@H](O)[C@@H]1C(=O)N2C=CS[C@H]12. The molecule has 2 heterocycles. The van der Waals surface area contributed by atoms with Crippen LogP contribution in [0, 0.1) is 5.92 Å². The zero-order valence-corrected chi connectivity index (χ0v) is 7.62. The van der Waals surface area contributed by atoms with E-state index in [9.17, 15) is 9.90 Å². The molecule has 2 aliphatic rings. The molecule has 1 N–H and O–H groups in total. The van der Waals surface area contributed by atoms with E-state index in [1.54, 1.807) is 22.9 Å². The smallest absolute Gasteiger partial charge is 0.236 e. The lowest BCUT2D eigenvalue weighted by Gasteiger charge is -2.43. The van der Waals surface area contributed by atoms with Gasteiger partial charge in [-0.2, -0.15) is 0 Å². The van der Waals surface area contributed by atoms with E-state index < -0.39 is 6.10 Å². The number of aliphatic hydroxyl groups excluding tert-OH is 1. The van der Waals surface area contributed by atoms with Gasteiger partial charge >= 0.3 is 0 Å². The minimum absolute atomic E-state index is 0.0654. The lowest BCUT2D eigenvalue weighted by Crippen LogP contribution is -2.59. The summed E-state index contributed by atoms with van der Waals surface area (Å²) >= 11 is 1.61. The molecule has 0 aromatic rings. The van der Waals surface area contributed by atoms with Gasteiger partial charge in [0.05, 0.1) is 12.0 Å². The Kier molecular flexibility index (Phi) is 1.88. The average Bonchev–Trinajstić information content (AvgIpc) is 2.48. The van der Waals surface area contributed by atoms with Gasteiger partial charge in [0, 0.05) is 6.20 Å². The number of carbonyl (C=O) groups excluding carboxylic acids is 1. The summed E-state index contributed by atoms with van der Waals surface area (Å²) in [6.45, 7) is 1.90. The van der Waals surface area contributed by atoms with Crippen molar-refractivity contribution >= 4 is 17.7 Å². The van der Waals surface area contributed by atoms with Crippen molar-refractivity contribution in [3.05, 3.63) is 11.6 Å². The predicted molar refractivity (Wildman–Crippen MR) is 47.2 cm³/mol. The van der Waals surface area contributed by atoms with Crippen molar-refractivity contribution in [2.75, 3.05) is 0 Å². The van der Waals surface area contributed by atoms with Crippen molar-refractivity contribution in [1.29, 1.82) is 0 Å². The van der Waals surface area contributed by atoms with Crippen LogP contribution in [0.2, 0.25) is 0 Å². The first-order valence-electron chi connectivity index (χ1n) is 4.08. The number of hydrogen-bond acceptors (Lipinski definition) is 3. The zero-order chi connectivity index (χ0) is 8.72. The van der Waals surface area contributed by atoms with E-state index in [1.165, 1.54) is 0 Å². The van der Waals surface area contributed by atoms with Gasteiger partial charge in [0.25, 0.3) is 0 Å². The maximum Gasteiger partial charge on any atom is 0.236 e. The van der Waals surface area contributed by atoms with Gasteiger partial charge in [-0.25, -0.2) is 0 Å². The second-order valence-electron chi connectivity index (χ2n) is 3.06. The molecule has 1 amide bonds. The molecule has 0 aromatic heterocycles. The normalized spacial score (nSPS) is 34.8. The first-order chi connectivity index (χ1) is 5.75. The van der Waals surface area contributed by atoms with E-state index in [4.69, 9.17) is 0 Å². The van der Waals surface area contributed by atoms with Gasteiger partial charge in [0.2, 0.25) is 5.91 Å². The molecular weight excluding hydrogens is 174 g/mol. The number of amides is 1. The molecule has 4 heteroatoms. The standard InChI is InChI=1S/C8H11NO2S/c1-2-5(10)6-7(11)9-3-4-12-8(6)9/h3-6,8,10H,2H2,1H3/t5-,6+,8+/m0/s1. The summed E-state index contributed by atoms with van der Waals surface area (Å²) < 4.78 is 0. The van der Waals surface area contributed by atoms with Crippen LogP contribution in [0.25, 0.3) is 0 Å². The number of thioether (sulfide) groups is 1. The first-order valence-corrected chi connectivity index (χ1v) is 5.02. The number of aliphatic hydroxyl groups is 1. The number of fused-ring (bicyclic) bond motifs is 1. The summed E-state index contributed by atoms with van der Waals surface area (Å²) in [5.74, 6) is -0.106. The Balaban J connectivity index is 2.07. The Hall–Kier alpha value is -0.480. The number of carbonyl (C=O) groups is 1. The van der Waals surface area contributed by atoms with Crippen LogP contribution in [0.15, 0.2) is 11.6 Å². The second kappa shape index (κ2) is 2.78. The van der Waals surface area contributed by atoms with Crippen LogP contribution in [0.3, 0.4) is 0 Å². The van der Waals surface area contributed by atoms with Gasteiger partial charge in [-0.1, -0.05) is 6.92 Å². The minimum atomic E-state index is -0.467. The Labute approximate surface area is 75.4 Å². The maximum absolute atomic E-state index is 11.3. The van der Waals surface area contributed by atoms with Crippen LogP contribution >= 0.6 is 11.8 Å². The molecule has 1 saturated heterocycles. The summed E-state index contributed by atoms with van der Waals surface area (Å²) in [6.07, 6.45) is 1.98. The topological polar surface area (TPSA) is 40.5 Å². The van der Waals surface area contributed by atoms with Crippen molar-refractivity contribution < 1.29 is 9.90 Å². The zero-order valence-electron chi connectivity index (χ0n) is 6.80. The summed E-state index contributed by atoms with van der Waals surface area (Å²) in [5.41, 5.74) is 0. The fraction of sp³-hybridized carbons (Fsp3) is 0.625. The number of β-lactam (4-membered cyclic amide) rings is 1. The predicted octanol–water partition coefficient (Wildman–Crippen LogP) is 0.760. The molecular formula is C8H11NO2S. The van der Waals surface area contributed by atoms with Crippen molar-refractivity contribution in [3.8, 4) is 0 Å². The fourth-order valence-corrected chi connectivity index (χ4v) is 2.74. The first kappa shape index (κ1) is 8.13. The van der Waals surface area contributed by atoms with Crippen molar-refractivity contribution in [2.45, 2.75) is 24.8 Å². The molecule has 0 radical (unpaired) electrons. The van der Waals surface area contributed by atoms with E-state index in [1.807, 2.05) is 12.3 Å². The molecule has 2 rings (SSSR count). The van der Waals surface area contributed by atoms with E-state index in [-0.39, 0.29) is 17.2 Å². The Morgan fingerprint density at radius 3 is 3.25 bits per heavy atom. The van der Waals surface area contributed by atoms with Gasteiger partial charge < -0.3 is 10.0 Å². The molecule has 3 atom stereocenters. The molecule has 0 bridgehead atoms. The average molecular weight is 185 g/mol. The molecule has 1 fully saturated rings. The van der Waals surface area contributed by atoms with E-state index in [0.717, 1.165) is 0 Å². The molecule has 0 saturated carbocycles. The van der Waals surface area contributed by atoms with Crippen LogP contribution in [0.1, 0.15) is 13.3 Å². The van der Waals surface area contributed by atoms with E-state index >= 15 is 0 Å². The monoisotopic (exact) mass is 185 g/mol. The third kappa shape index (κ3) is 0.912. The third-order valence-electron chi connectivity index (χ3n) is 2.39. The van der Waals surface area contributed by atoms with Crippen molar-refractivity contribution in [3.63, 3.8) is 0 Å². The van der Waals surface area contributed by atoms with Gasteiger partial charge in [0.1, 0.15) is 5.37 Å². The second-order valence-corrected chi connectivity index (χ2v) is 4.09. The van der Waals surface area contributed by atoms with E-state index in [2.05, 4.69) is 0 Å². The largest absolute Gasteiger partial charge is 0.392 e. The van der Waals surface area contributed by atoms with Crippen LogP contribution in [0.4, 0.5) is 0 Å². The lowest BCUT2D eigenvalue weighted by atomic mass is 9.91. The number of nitrogens with zero attached hydrogens (tertiary/aromatic N) is 1. The van der Waals surface area contributed by atoms with E-state index in [0.29, 0.717) is 6.42 Å². The quantitative estimate of drug-likeness (QED) is 0.646. The molecule has 0 aliphatic carbocycles. The molecule has 0 spiro atoms. The van der Waals surface area contributed by atoms with Crippen molar-refractivity contribution in [1.82, 2.24) is 4.90 Å². The molecule has 2 aliphatic heterocycles. The number of rotatable bonds is 2.